The minimum atomic E-state index is 0.219. The summed E-state index contributed by atoms with van der Waals surface area (Å²) in [7, 11) is 1.90. The molecule has 4 atom stereocenters. The lowest BCUT2D eigenvalue weighted by molar-refractivity contribution is -0.137. The van der Waals surface area contributed by atoms with Crippen molar-refractivity contribution in [3.8, 4) is 0 Å². The molecule has 4 saturated carbocycles. The van der Waals surface area contributed by atoms with Crippen molar-refractivity contribution in [1.29, 1.82) is 0 Å². The number of carbonyl (C=O) groups is 1. The lowest BCUT2D eigenvalue weighted by atomic mass is 9.48. The summed E-state index contributed by atoms with van der Waals surface area (Å²) in [5.41, 5.74) is 1.24. The minimum absolute atomic E-state index is 0.219. The van der Waals surface area contributed by atoms with Gasteiger partial charge in [0.15, 0.2) is 0 Å². The fraction of sp³-hybridized carbons (Fsp3) is 0.650. The van der Waals surface area contributed by atoms with Gasteiger partial charge in [-0.15, -0.1) is 0 Å². The third kappa shape index (κ3) is 3.61. The van der Waals surface area contributed by atoms with E-state index in [1.165, 1.54) is 38.5 Å². The average Bonchev–Trinajstić information content (AvgIpc) is 2.48. The van der Waals surface area contributed by atoms with Crippen LogP contribution in [0.3, 0.4) is 0 Å². The van der Waals surface area contributed by atoms with Crippen molar-refractivity contribution in [2.75, 3.05) is 7.05 Å². The lowest BCUT2D eigenvalue weighted by Crippen LogP contribution is -2.54. The van der Waals surface area contributed by atoms with Gasteiger partial charge in [0.1, 0.15) is 0 Å². The molecule has 136 valence electrons. The standard InChI is InChI=1S/C20H24BrCl2NO/c1-24(11-13-2-3-16(22)17(23)5-13)18(25)10-19-6-14-4-15(7-19)9-20(21,8-14)12-19/h2-3,5,14-15H,4,6-12H2,1H3/t14-,15+,19?,20?. The van der Waals surface area contributed by atoms with E-state index in [1.54, 1.807) is 6.07 Å². The molecule has 0 spiro atoms. The number of halogens is 3. The molecule has 0 aromatic heterocycles. The Balaban J connectivity index is 1.44. The van der Waals surface area contributed by atoms with Gasteiger partial charge in [-0.3, -0.25) is 4.79 Å². The monoisotopic (exact) mass is 443 g/mol. The minimum Gasteiger partial charge on any atom is -0.341 e. The van der Waals surface area contributed by atoms with E-state index in [2.05, 4.69) is 15.9 Å². The quantitative estimate of drug-likeness (QED) is 0.515. The third-order valence-electron chi connectivity index (χ3n) is 6.47. The molecule has 4 fully saturated rings. The number of benzene rings is 1. The van der Waals surface area contributed by atoms with Crippen LogP contribution >= 0.6 is 39.1 Å². The highest BCUT2D eigenvalue weighted by molar-refractivity contribution is 9.10. The molecule has 0 radical (unpaired) electrons. The molecule has 2 nitrogen and oxygen atoms in total. The molecule has 0 aliphatic heterocycles. The summed E-state index contributed by atoms with van der Waals surface area (Å²) in [4.78, 5) is 14.8. The van der Waals surface area contributed by atoms with Crippen LogP contribution in [-0.4, -0.2) is 22.2 Å². The second kappa shape index (κ2) is 6.42. The molecule has 0 saturated heterocycles. The Morgan fingerprint density at radius 1 is 1.20 bits per heavy atom. The number of nitrogens with zero attached hydrogens (tertiary/aromatic N) is 1. The summed E-state index contributed by atoms with van der Waals surface area (Å²) in [5, 5.41) is 1.10. The van der Waals surface area contributed by atoms with Gasteiger partial charge >= 0.3 is 0 Å². The molecule has 5 heteroatoms. The number of alkyl halides is 1. The van der Waals surface area contributed by atoms with Gasteiger partial charge in [0.2, 0.25) is 5.91 Å². The van der Waals surface area contributed by atoms with E-state index in [9.17, 15) is 4.79 Å². The van der Waals surface area contributed by atoms with E-state index in [4.69, 9.17) is 23.2 Å². The molecular formula is C20H24BrCl2NO. The van der Waals surface area contributed by atoms with Crippen molar-refractivity contribution in [3.63, 3.8) is 0 Å². The molecule has 2 unspecified atom stereocenters. The third-order valence-corrected chi connectivity index (χ3v) is 8.13. The number of carbonyl (C=O) groups excluding carboxylic acids is 1. The molecule has 5 rings (SSSR count). The first-order chi connectivity index (χ1) is 11.8. The summed E-state index contributed by atoms with van der Waals surface area (Å²) < 4.78 is 0.305. The first-order valence-electron chi connectivity index (χ1n) is 9.13. The van der Waals surface area contributed by atoms with Gasteiger partial charge in [-0.1, -0.05) is 45.2 Å². The Kier molecular flexibility index (Phi) is 4.66. The second-order valence-corrected chi connectivity index (χ2v) is 11.3. The molecule has 4 aliphatic carbocycles. The molecule has 4 aliphatic rings. The topological polar surface area (TPSA) is 20.3 Å². The van der Waals surface area contributed by atoms with Crippen LogP contribution in [-0.2, 0) is 11.3 Å². The number of hydrogen-bond acceptors (Lipinski definition) is 1. The maximum atomic E-state index is 12.9. The SMILES string of the molecule is CN(Cc1ccc(Cl)c(Cl)c1)C(=O)CC12C[C@@H]3C[C@@H](CC(Br)(C3)C1)C2. The Labute approximate surface area is 168 Å². The van der Waals surface area contributed by atoms with E-state index < -0.39 is 0 Å². The molecule has 25 heavy (non-hydrogen) atoms. The summed E-state index contributed by atoms with van der Waals surface area (Å²) in [5.74, 6) is 1.88. The maximum Gasteiger partial charge on any atom is 0.223 e. The lowest BCUT2D eigenvalue weighted by Gasteiger charge is -2.60. The fourth-order valence-electron chi connectivity index (χ4n) is 6.00. The Hall–Kier alpha value is -0.250. The van der Waals surface area contributed by atoms with Crippen LogP contribution in [0.15, 0.2) is 18.2 Å². The van der Waals surface area contributed by atoms with Crippen LogP contribution in [0.2, 0.25) is 10.0 Å². The van der Waals surface area contributed by atoms with Crippen LogP contribution in [0.1, 0.15) is 50.5 Å². The molecule has 1 aromatic carbocycles. The van der Waals surface area contributed by atoms with Crippen molar-refractivity contribution in [2.45, 2.75) is 55.8 Å². The second-order valence-electron chi connectivity index (χ2n) is 8.79. The van der Waals surface area contributed by atoms with Gasteiger partial charge in [0.05, 0.1) is 10.0 Å². The van der Waals surface area contributed by atoms with Gasteiger partial charge in [-0.05, 0) is 73.5 Å². The largest absolute Gasteiger partial charge is 0.341 e. The van der Waals surface area contributed by atoms with Crippen molar-refractivity contribution >= 4 is 45.0 Å². The smallest absolute Gasteiger partial charge is 0.223 e. The molecular weight excluding hydrogens is 421 g/mol. The Morgan fingerprint density at radius 2 is 1.88 bits per heavy atom. The predicted molar refractivity (Wildman–Crippen MR) is 106 cm³/mol. The molecule has 4 bridgehead atoms. The highest BCUT2D eigenvalue weighted by atomic mass is 79.9. The molecule has 0 heterocycles. The van der Waals surface area contributed by atoms with Gasteiger partial charge in [0.25, 0.3) is 0 Å². The number of hydrogen-bond donors (Lipinski definition) is 0. The summed E-state index contributed by atoms with van der Waals surface area (Å²) >= 11 is 16.1. The number of rotatable bonds is 4. The molecule has 1 aromatic rings. The van der Waals surface area contributed by atoms with E-state index in [0.29, 0.717) is 27.3 Å². The van der Waals surface area contributed by atoms with E-state index in [0.717, 1.165) is 17.4 Å². The molecule has 1 amide bonds. The van der Waals surface area contributed by atoms with Crippen molar-refractivity contribution in [1.82, 2.24) is 4.90 Å². The molecule has 0 N–H and O–H groups in total. The Morgan fingerprint density at radius 3 is 2.48 bits per heavy atom. The van der Waals surface area contributed by atoms with E-state index in [1.807, 2.05) is 24.1 Å². The summed E-state index contributed by atoms with van der Waals surface area (Å²) in [6.07, 6.45) is 8.32. The van der Waals surface area contributed by atoms with Crippen molar-refractivity contribution in [2.24, 2.45) is 17.3 Å². The van der Waals surface area contributed by atoms with E-state index in [-0.39, 0.29) is 11.3 Å². The number of amides is 1. The van der Waals surface area contributed by atoms with Gasteiger partial charge < -0.3 is 4.90 Å². The van der Waals surface area contributed by atoms with Crippen molar-refractivity contribution in [3.05, 3.63) is 33.8 Å². The predicted octanol–water partition coefficient (Wildman–Crippen LogP) is 6.08. The normalized spacial score (nSPS) is 35.8. The van der Waals surface area contributed by atoms with E-state index >= 15 is 0 Å². The zero-order chi connectivity index (χ0) is 17.8. The fourth-order valence-corrected chi connectivity index (χ4v) is 7.83. The van der Waals surface area contributed by atoms with Crippen LogP contribution in [0.5, 0.6) is 0 Å². The zero-order valence-electron chi connectivity index (χ0n) is 14.5. The highest BCUT2D eigenvalue weighted by Gasteiger charge is 2.57. The van der Waals surface area contributed by atoms with Crippen LogP contribution in [0.25, 0.3) is 0 Å². The maximum absolute atomic E-state index is 12.9. The summed E-state index contributed by atoms with van der Waals surface area (Å²) in [6, 6.07) is 5.59. The van der Waals surface area contributed by atoms with Crippen molar-refractivity contribution < 1.29 is 4.79 Å². The Bertz CT molecular complexity index is 693. The van der Waals surface area contributed by atoms with Crippen LogP contribution in [0, 0.1) is 17.3 Å². The first-order valence-corrected chi connectivity index (χ1v) is 10.7. The average molecular weight is 445 g/mol. The van der Waals surface area contributed by atoms with Gasteiger partial charge in [-0.2, -0.15) is 0 Å². The van der Waals surface area contributed by atoms with Crippen LogP contribution < -0.4 is 0 Å². The zero-order valence-corrected chi connectivity index (χ0v) is 17.6. The highest BCUT2D eigenvalue weighted by Crippen LogP contribution is 2.65. The first kappa shape index (κ1) is 18.1. The van der Waals surface area contributed by atoms with Gasteiger partial charge in [-0.25, -0.2) is 0 Å². The van der Waals surface area contributed by atoms with Gasteiger partial charge in [0, 0.05) is 24.3 Å². The summed E-state index contributed by atoms with van der Waals surface area (Å²) in [6.45, 7) is 0.581. The van der Waals surface area contributed by atoms with Crippen LogP contribution in [0.4, 0.5) is 0 Å².